The summed E-state index contributed by atoms with van der Waals surface area (Å²) >= 11 is 1.51. The number of ether oxygens (including phenoxy) is 4. The molecule has 1 aliphatic carbocycles. The number of aliphatic hydroxyl groups is 2. The lowest BCUT2D eigenvalue weighted by Gasteiger charge is -2.63. The van der Waals surface area contributed by atoms with Gasteiger partial charge in [0.1, 0.15) is 16.9 Å². The van der Waals surface area contributed by atoms with Crippen LogP contribution >= 0.6 is 11.8 Å². The van der Waals surface area contributed by atoms with E-state index in [0.717, 1.165) is 26.3 Å². The highest BCUT2D eigenvalue weighted by Crippen LogP contribution is 2.68. The van der Waals surface area contributed by atoms with Crippen LogP contribution in [0.2, 0.25) is 0 Å². The van der Waals surface area contributed by atoms with Crippen LogP contribution in [0.1, 0.15) is 75.3 Å². The molecule has 1 amide bonds. The number of amides is 1. The summed E-state index contributed by atoms with van der Waals surface area (Å²) in [4.78, 5) is 68.6. The lowest BCUT2D eigenvalue weighted by molar-refractivity contribution is -0.228. The third kappa shape index (κ3) is 6.46. The van der Waals surface area contributed by atoms with E-state index in [2.05, 4.69) is 20.9 Å². The number of H-pyrrole nitrogens is 1. The zero-order chi connectivity index (χ0) is 48.1. The van der Waals surface area contributed by atoms with E-state index in [1.165, 1.54) is 44.9 Å². The molecule has 16 heteroatoms. The van der Waals surface area contributed by atoms with Gasteiger partial charge < -0.3 is 44.2 Å². The van der Waals surface area contributed by atoms with Gasteiger partial charge >= 0.3 is 17.9 Å². The van der Waals surface area contributed by atoms with E-state index in [0.29, 0.717) is 93.7 Å². The average molecular weight is 949 g/mol. The quantitative estimate of drug-likeness (QED) is 0.0687. The van der Waals surface area contributed by atoms with E-state index in [-0.39, 0.29) is 23.8 Å². The Bertz CT molecular complexity index is 2760. The predicted molar refractivity (Wildman–Crippen MR) is 253 cm³/mol. The number of hydrogen-bond acceptors (Lipinski definition) is 14. The summed E-state index contributed by atoms with van der Waals surface area (Å²) in [5.41, 5.74) is -3.66. The van der Waals surface area contributed by atoms with E-state index in [9.17, 15) is 29.7 Å². The second-order valence-electron chi connectivity index (χ2n) is 19.9. The molecule has 2 bridgehead atoms. The van der Waals surface area contributed by atoms with E-state index < -0.39 is 63.5 Å². The van der Waals surface area contributed by atoms with Gasteiger partial charge in [0.05, 0.1) is 38.7 Å². The summed E-state index contributed by atoms with van der Waals surface area (Å²) in [6, 6.07) is 15.1. The first-order valence-electron chi connectivity index (χ1n) is 23.6. The number of nitrogens with one attached hydrogen (secondary N) is 1. The number of anilines is 1. The zero-order valence-electron chi connectivity index (χ0n) is 39.4. The molecule has 1 spiro atoms. The minimum absolute atomic E-state index is 0.164. The number of methoxy groups -OCH3 is 3. The third-order valence-electron chi connectivity index (χ3n) is 16.6. The lowest BCUT2D eigenvalue weighted by atomic mass is 9.47. The van der Waals surface area contributed by atoms with Crippen LogP contribution in [0, 0.1) is 11.3 Å². The number of nitrogens with zero attached hydrogens (tertiary/aromatic N) is 3. The molecule has 15 nitrogen and oxygen atoms in total. The maximum atomic E-state index is 15.6. The van der Waals surface area contributed by atoms with Crippen LogP contribution in [0.5, 0.6) is 11.5 Å². The Labute approximate surface area is 399 Å². The van der Waals surface area contributed by atoms with Crippen LogP contribution in [0.4, 0.5) is 5.69 Å². The normalized spacial score (nSPS) is 33.5. The van der Waals surface area contributed by atoms with Crippen molar-refractivity contribution < 1.29 is 53.4 Å². The van der Waals surface area contributed by atoms with Gasteiger partial charge in [0.25, 0.3) is 0 Å². The van der Waals surface area contributed by atoms with Crippen molar-refractivity contribution in [3.8, 4) is 11.5 Å². The predicted octanol–water partition coefficient (Wildman–Crippen LogP) is 5.37. The molecular formula is C52H60N4O11S. The first-order valence-corrected chi connectivity index (χ1v) is 24.4. The number of esters is 3. The highest BCUT2D eigenvalue weighted by atomic mass is 32.2. The average Bonchev–Trinajstić information content (AvgIpc) is 4.00. The topological polar surface area (TPSA) is 191 Å². The number of benzene rings is 3. The highest BCUT2D eigenvalue weighted by Gasteiger charge is 2.81. The van der Waals surface area contributed by atoms with E-state index in [1.54, 1.807) is 24.3 Å². The monoisotopic (exact) mass is 948 g/mol. The van der Waals surface area contributed by atoms with Gasteiger partial charge in [0, 0.05) is 88.0 Å². The lowest BCUT2D eigenvalue weighted by Crippen LogP contribution is -2.81. The Morgan fingerprint density at radius 2 is 1.71 bits per heavy atom. The summed E-state index contributed by atoms with van der Waals surface area (Å²) in [5, 5.41) is 36.8. The number of rotatable bonds is 10. The number of hydrogen-bond donors (Lipinski definition) is 4. The van der Waals surface area contributed by atoms with Gasteiger partial charge in [-0.15, -0.1) is 0 Å². The van der Waals surface area contributed by atoms with Crippen molar-refractivity contribution in [1.82, 2.24) is 14.8 Å². The molecule has 4 aromatic rings. The molecule has 10 rings (SSSR count). The van der Waals surface area contributed by atoms with Crippen LogP contribution in [-0.4, -0.2) is 138 Å². The Balaban J connectivity index is 1.27. The number of aromatic amines is 1. The zero-order valence-corrected chi connectivity index (χ0v) is 40.2. The molecule has 10 atom stereocenters. The summed E-state index contributed by atoms with van der Waals surface area (Å²) in [5.74, 6) is -2.06. The van der Waals surface area contributed by atoms with Gasteiger partial charge in [0.2, 0.25) is 12.0 Å². The van der Waals surface area contributed by atoms with Crippen molar-refractivity contribution in [2.75, 3.05) is 59.0 Å². The smallest absolute Gasteiger partial charge is 0.344 e. The van der Waals surface area contributed by atoms with E-state index in [4.69, 9.17) is 18.9 Å². The van der Waals surface area contributed by atoms with Crippen LogP contribution in [0.15, 0.2) is 76.5 Å². The first kappa shape index (κ1) is 46.3. The minimum Gasteiger partial charge on any atom is -0.508 e. The second-order valence-corrected chi connectivity index (χ2v) is 21.0. The number of phenolic OH excluding ortho intramolecular Hbond substituents is 1. The van der Waals surface area contributed by atoms with Crippen molar-refractivity contribution in [2.24, 2.45) is 11.3 Å². The Morgan fingerprint density at radius 3 is 2.40 bits per heavy atom. The Kier molecular flexibility index (Phi) is 11.3. The van der Waals surface area contributed by atoms with Gasteiger partial charge in [-0.3, -0.25) is 24.2 Å². The standard InChI is InChI=1S/C52H60N4O11S/c1-7-48(62)25-31-26-51(46(60)65-5,42-35(15-19-54(27-31)28-48)36-22-34(13-14-39(36)53-42)68-33-12-9-11-32(59)21-33)38-23-37-40(24-41(38)64-4)56(29-57)44-50(37)17-20-55-18-10-16-49(8-2,43(50)55)45(67-30(3)58)52(44,63)47(61)66-6/h9-14,16,21-24,29,31,43-45,53,59,62-63H,7-8,15,17-20,25-28H2,1-6H3/t31-,43+,44?,45-,48+,49-,50-,51+,52+/m1/s1. The number of aromatic hydroxyl groups is 1. The summed E-state index contributed by atoms with van der Waals surface area (Å²) in [6.45, 7) is 7.95. The maximum absolute atomic E-state index is 15.6. The molecule has 2 unspecified atom stereocenters. The molecule has 6 heterocycles. The number of carbonyl (C=O) groups excluding carboxylic acids is 4. The highest BCUT2D eigenvalue weighted by molar-refractivity contribution is 7.99. The largest absolute Gasteiger partial charge is 0.508 e. The van der Waals surface area contributed by atoms with Gasteiger partial charge in [-0.1, -0.05) is 43.8 Å². The molecule has 3 fully saturated rings. The molecule has 2 saturated heterocycles. The van der Waals surface area contributed by atoms with Crippen molar-refractivity contribution in [3.05, 3.63) is 89.1 Å². The van der Waals surface area contributed by atoms with Gasteiger partial charge in [-0.05, 0) is 105 Å². The third-order valence-corrected chi connectivity index (χ3v) is 17.6. The minimum atomic E-state index is -2.56. The summed E-state index contributed by atoms with van der Waals surface area (Å²) in [6.07, 6.45) is 5.54. The fraction of sp³-hybridized carbons (Fsp3) is 0.500. The number of piperidine rings is 1. The molecule has 6 aliphatic rings. The molecule has 0 radical (unpaired) electrons. The van der Waals surface area contributed by atoms with Gasteiger partial charge in [0.15, 0.2) is 6.10 Å². The van der Waals surface area contributed by atoms with Crippen LogP contribution in [0.25, 0.3) is 10.9 Å². The number of phenols is 1. The molecular weight excluding hydrogens is 889 g/mol. The molecule has 1 saturated carbocycles. The van der Waals surface area contributed by atoms with E-state index in [1.807, 2.05) is 50.3 Å². The fourth-order valence-electron chi connectivity index (χ4n) is 14.1. The van der Waals surface area contributed by atoms with Crippen molar-refractivity contribution >= 4 is 52.7 Å². The van der Waals surface area contributed by atoms with Crippen molar-refractivity contribution in [2.45, 2.75) is 109 Å². The molecule has 3 aromatic carbocycles. The molecule has 4 N–H and O–H groups in total. The van der Waals surface area contributed by atoms with Crippen LogP contribution in [-0.2, 0) is 50.6 Å². The SMILES string of the molecule is CC[C@]1(O)C[C@H]2CN(CCc3c([nH]c4ccc(Sc5cccc(O)c5)cc34)[C@@](C(=O)OC)(c3cc4c(cc3OC)N(C=O)C3[C@]45CCN4CC=C[C@@](CC)([C@@H](OC(C)=O)[C@]3(O)C(=O)OC)[C@H]45)C2)C1. The maximum Gasteiger partial charge on any atom is 0.344 e. The Morgan fingerprint density at radius 1 is 0.926 bits per heavy atom. The number of carbonyl (C=O) groups is 4. The molecule has 5 aliphatic heterocycles. The number of aromatic nitrogens is 1. The molecule has 360 valence electrons. The molecule has 68 heavy (non-hydrogen) atoms. The first-order chi connectivity index (χ1) is 32.6. The summed E-state index contributed by atoms with van der Waals surface area (Å²) in [7, 11) is 4.07. The number of fused-ring (bicyclic) bond motifs is 6. The summed E-state index contributed by atoms with van der Waals surface area (Å²) < 4.78 is 23.9. The molecule has 1 aromatic heterocycles. The van der Waals surface area contributed by atoms with Crippen LogP contribution < -0.4 is 9.64 Å². The van der Waals surface area contributed by atoms with Gasteiger partial charge in [-0.2, -0.15) is 0 Å². The second kappa shape index (κ2) is 16.6. The van der Waals surface area contributed by atoms with Gasteiger partial charge in [-0.25, -0.2) is 4.79 Å². The van der Waals surface area contributed by atoms with Crippen LogP contribution in [0.3, 0.4) is 0 Å². The van der Waals surface area contributed by atoms with Crippen molar-refractivity contribution in [1.29, 1.82) is 0 Å². The Hall–Kier alpha value is -5.39. The fourth-order valence-corrected chi connectivity index (χ4v) is 15.0. The van der Waals surface area contributed by atoms with Crippen molar-refractivity contribution in [3.63, 3.8) is 0 Å². The van der Waals surface area contributed by atoms with E-state index >= 15 is 4.79 Å².